The van der Waals surface area contributed by atoms with Crippen molar-refractivity contribution in [2.24, 2.45) is 0 Å². The molecule has 1 aromatic heterocycles. The van der Waals surface area contributed by atoms with Gasteiger partial charge in [0.15, 0.2) is 11.7 Å². The number of amides is 1. The third kappa shape index (κ3) is 4.92. The van der Waals surface area contributed by atoms with Crippen molar-refractivity contribution in [2.45, 2.75) is 32.2 Å². The third-order valence-electron chi connectivity index (χ3n) is 5.27. The number of carbonyl (C=O) groups excluding carboxylic acids is 1. The lowest BCUT2D eigenvalue weighted by Gasteiger charge is -2.26. The van der Waals surface area contributed by atoms with E-state index in [0.717, 1.165) is 28.1 Å². The molecule has 0 aliphatic rings. The van der Waals surface area contributed by atoms with Crippen LogP contribution in [0.1, 0.15) is 31.7 Å². The van der Waals surface area contributed by atoms with E-state index in [1.165, 1.54) is 0 Å². The van der Waals surface area contributed by atoms with E-state index in [-0.39, 0.29) is 5.91 Å². The summed E-state index contributed by atoms with van der Waals surface area (Å²) in [7, 11) is 0. The summed E-state index contributed by atoms with van der Waals surface area (Å²) < 4.78 is 6.13. The Morgan fingerprint density at radius 2 is 1.39 bits per heavy atom. The summed E-state index contributed by atoms with van der Waals surface area (Å²) in [6.07, 6.45) is 0.739. The Balaban J connectivity index is 1.51. The second kappa shape index (κ2) is 9.00. The predicted octanol–water partition coefficient (Wildman–Crippen LogP) is 5.99. The van der Waals surface area contributed by atoms with Crippen LogP contribution in [0.3, 0.4) is 0 Å². The van der Waals surface area contributed by atoms with Crippen LogP contribution in [0.25, 0.3) is 22.6 Å². The highest BCUT2D eigenvalue weighted by Gasteiger charge is 2.23. The molecule has 0 aliphatic heterocycles. The van der Waals surface area contributed by atoms with Crippen molar-refractivity contribution in [3.63, 3.8) is 0 Å². The Bertz CT molecular complexity index is 1080. The molecule has 0 radical (unpaired) electrons. The van der Waals surface area contributed by atoms with E-state index >= 15 is 0 Å². The van der Waals surface area contributed by atoms with Crippen LogP contribution in [0.4, 0.5) is 0 Å². The molecule has 0 atom stereocenters. The Morgan fingerprint density at radius 1 is 0.839 bits per heavy atom. The highest BCUT2D eigenvalue weighted by atomic mass is 16.4. The molecule has 0 bridgehead atoms. The van der Waals surface area contributed by atoms with Crippen molar-refractivity contribution in [3.8, 4) is 22.6 Å². The molecule has 1 N–H and O–H groups in total. The molecule has 1 heterocycles. The van der Waals surface area contributed by atoms with Gasteiger partial charge in [-0.25, -0.2) is 4.98 Å². The number of carbonyl (C=O) groups is 1. The van der Waals surface area contributed by atoms with Crippen molar-refractivity contribution in [3.05, 3.63) is 102 Å². The molecular weight excluding hydrogens is 384 g/mol. The van der Waals surface area contributed by atoms with Crippen LogP contribution in [0.2, 0.25) is 0 Å². The van der Waals surface area contributed by atoms with Gasteiger partial charge in [0.05, 0.1) is 5.54 Å². The molecule has 4 rings (SSSR count). The van der Waals surface area contributed by atoms with Crippen LogP contribution in [-0.2, 0) is 16.8 Å². The van der Waals surface area contributed by atoms with Gasteiger partial charge in [0.2, 0.25) is 5.91 Å². The normalized spacial score (nSPS) is 11.3. The van der Waals surface area contributed by atoms with Crippen molar-refractivity contribution in [2.75, 3.05) is 0 Å². The van der Waals surface area contributed by atoms with Gasteiger partial charge < -0.3 is 9.73 Å². The van der Waals surface area contributed by atoms with E-state index in [4.69, 9.17) is 9.40 Å². The van der Waals surface area contributed by atoms with Crippen LogP contribution in [0.5, 0.6) is 0 Å². The van der Waals surface area contributed by atoms with Gasteiger partial charge >= 0.3 is 0 Å². The molecule has 156 valence electrons. The minimum absolute atomic E-state index is 0.0328. The largest absolute Gasteiger partial charge is 0.440 e. The number of aromatic nitrogens is 1. The molecule has 1 amide bonds. The Labute approximate surface area is 183 Å². The highest BCUT2D eigenvalue weighted by Crippen LogP contribution is 2.32. The molecule has 0 spiro atoms. The van der Waals surface area contributed by atoms with Crippen molar-refractivity contribution in [1.82, 2.24) is 10.3 Å². The second-order valence-electron chi connectivity index (χ2n) is 8.06. The molecule has 4 aromatic rings. The number of aryl methyl sites for hydroxylation is 1. The standard InChI is InChI=1S/C27H26N2O2/c1-27(2,22-16-10-5-11-17-22)29-23(30)18-19-24-28-25(20-12-6-3-7-13-20)26(31-24)21-14-8-4-9-15-21/h3-17H,18-19H2,1-2H3,(H,29,30). The quantitative estimate of drug-likeness (QED) is 0.407. The van der Waals surface area contributed by atoms with E-state index < -0.39 is 5.54 Å². The minimum Gasteiger partial charge on any atom is -0.440 e. The summed E-state index contributed by atoms with van der Waals surface area (Å²) in [6, 6.07) is 29.9. The zero-order valence-corrected chi connectivity index (χ0v) is 17.8. The van der Waals surface area contributed by atoms with Gasteiger partial charge in [0.25, 0.3) is 0 Å². The Hall–Kier alpha value is -3.66. The average Bonchev–Trinajstić information content (AvgIpc) is 3.24. The summed E-state index contributed by atoms with van der Waals surface area (Å²) in [5, 5.41) is 3.12. The van der Waals surface area contributed by atoms with Gasteiger partial charge in [-0.3, -0.25) is 4.79 Å². The van der Waals surface area contributed by atoms with E-state index in [2.05, 4.69) is 5.32 Å². The first kappa shape index (κ1) is 20.6. The first-order valence-corrected chi connectivity index (χ1v) is 10.5. The smallest absolute Gasteiger partial charge is 0.221 e. The summed E-state index contributed by atoms with van der Waals surface area (Å²) in [5.41, 5.74) is 3.38. The molecule has 0 saturated carbocycles. The number of benzene rings is 3. The van der Waals surface area contributed by atoms with E-state index in [1.807, 2.05) is 105 Å². The molecule has 31 heavy (non-hydrogen) atoms. The Kier molecular flexibility index (Phi) is 5.99. The summed E-state index contributed by atoms with van der Waals surface area (Å²) in [6.45, 7) is 4.01. The molecule has 0 unspecified atom stereocenters. The minimum atomic E-state index is -0.445. The number of hydrogen-bond donors (Lipinski definition) is 1. The van der Waals surface area contributed by atoms with Crippen LogP contribution in [-0.4, -0.2) is 10.9 Å². The summed E-state index contributed by atoms with van der Waals surface area (Å²) >= 11 is 0. The lowest BCUT2D eigenvalue weighted by Crippen LogP contribution is -2.41. The molecule has 4 nitrogen and oxygen atoms in total. The number of hydrogen-bond acceptors (Lipinski definition) is 3. The fourth-order valence-electron chi connectivity index (χ4n) is 3.61. The van der Waals surface area contributed by atoms with E-state index in [1.54, 1.807) is 0 Å². The van der Waals surface area contributed by atoms with Crippen LogP contribution < -0.4 is 5.32 Å². The highest BCUT2D eigenvalue weighted by molar-refractivity contribution is 5.78. The van der Waals surface area contributed by atoms with Crippen molar-refractivity contribution >= 4 is 5.91 Å². The second-order valence-corrected chi connectivity index (χ2v) is 8.06. The lowest BCUT2D eigenvalue weighted by molar-refractivity contribution is -0.122. The van der Waals surface area contributed by atoms with Gasteiger partial charge in [0.1, 0.15) is 5.69 Å². The van der Waals surface area contributed by atoms with Gasteiger partial charge in [-0.15, -0.1) is 0 Å². The molecular formula is C27H26N2O2. The summed E-state index contributed by atoms with van der Waals surface area (Å²) in [4.78, 5) is 17.4. The predicted molar refractivity (Wildman–Crippen MR) is 123 cm³/mol. The number of oxazole rings is 1. The monoisotopic (exact) mass is 410 g/mol. The molecule has 3 aromatic carbocycles. The molecule has 4 heteroatoms. The SMILES string of the molecule is CC(C)(NC(=O)CCc1nc(-c2ccccc2)c(-c2ccccc2)o1)c1ccccc1. The van der Waals surface area contributed by atoms with E-state index in [0.29, 0.717) is 18.7 Å². The van der Waals surface area contributed by atoms with Gasteiger partial charge in [-0.1, -0.05) is 91.0 Å². The fourth-order valence-corrected chi connectivity index (χ4v) is 3.61. The number of nitrogens with zero attached hydrogens (tertiary/aromatic N) is 1. The first-order chi connectivity index (χ1) is 15.0. The number of nitrogens with one attached hydrogen (secondary N) is 1. The van der Waals surface area contributed by atoms with Crippen LogP contribution in [0, 0.1) is 0 Å². The lowest BCUT2D eigenvalue weighted by atomic mass is 9.94. The van der Waals surface area contributed by atoms with Gasteiger partial charge in [-0.05, 0) is 19.4 Å². The number of rotatable bonds is 7. The maximum Gasteiger partial charge on any atom is 0.221 e. The zero-order chi connectivity index (χ0) is 21.7. The van der Waals surface area contributed by atoms with Gasteiger partial charge in [-0.2, -0.15) is 0 Å². The topological polar surface area (TPSA) is 55.1 Å². The summed E-state index contributed by atoms with van der Waals surface area (Å²) in [5.74, 6) is 1.26. The van der Waals surface area contributed by atoms with Crippen LogP contribution >= 0.6 is 0 Å². The third-order valence-corrected chi connectivity index (χ3v) is 5.27. The average molecular weight is 411 g/mol. The zero-order valence-electron chi connectivity index (χ0n) is 17.8. The van der Waals surface area contributed by atoms with E-state index in [9.17, 15) is 4.79 Å². The maximum absolute atomic E-state index is 12.7. The first-order valence-electron chi connectivity index (χ1n) is 10.5. The van der Waals surface area contributed by atoms with Crippen LogP contribution in [0.15, 0.2) is 95.4 Å². The molecule has 0 aliphatic carbocycles. The van der Waals surface area contributed by atoms with Crippen molar-refractivity contribution in [1.29, 1.82) is 0 Å². The molecule has 0 fully saturated rings. The van der Waals surface area contributed by atoms with Crippen molar-refractivity contribution < 1.29 is 9.21 Å². The van der Waals surface area contributed by atoms with Gasteiger partial charge in [0, 0.05) is 24.0 Å². The molecule has 0 saturated heterocycles. The Morgan fingerprint density at radius 3 is 2.00 bits per heavy atom. The maximum atomic E-state index is 12.7. The fraction of sp³-hybridized carbons (Fsp3) is 0.185.